The predicted octanol–water partition coefficient (Wildman–Crippen LogP) is 7.12. The zero-order valence-electron chi connectivity index (χ0n) is 30.8. The van der Waals surface area contributed by atoms with Crippen molar-refractivity contribution >= 4 is 23.6 Å². The van der Waals surface area contributed by atoms with E-state index in [0.29, 0.717) is 0 Å². The van der Waals surface area contributed by atoms with Crippen molar-refractivity contribution in [3.8, 4) is 34.5 Å². The van der Waals surface area contributed by atoms with E-state index in [1.165, 1.54) is 37.9 Å². The SMILES string of the molecule is COc1cc(C)c([Si](c2c(C)cc(OC)c(C)c2OC)(c2c(C)cc(OC)c(C)c2OC)C2C(C)=C(C)C(C)=C2C)c(OC)c1C. The maximum Gasteiger partial charge on any atom is 0.174 e. The van der Waals surface area contributed by atoms with Gasteiger partial charge in [0.1, 0.15) is 34.5 Å². The molecule has 46 heavy (non-hydrogen) atoms. The van der Waals surface area contributed by atoms with Gasteiger partial charge in [0.2, 0.25) is 0 Å². The summed E-state index contributed by atoms with van der Waals surface area (Å²) in [6, 6.07) is 6.49. The second kappa shape index (κ2) is 13.1. The van der Waals surface area contributed by atoms with Crippen LogP contribution in [0, 0.1) is 41.5 Å². The van der Waals surface area contributed by atoms with Crippen molar-refractivity contribution in [2.24, 2.45) is 0 Å². The minimum atomic E-state index is -3.39. The minimum Gasteiger partial charge on any atom is -0.496 e. The highest BCUT2D eigenvalue weighted by Crippen LogP contribution is 2.51. The third-order valence-corrected chi connectivity index (χ3v) is 16.5. The molecule has 3 aromatic carbocycles. The van der Waals surface area contributed by atoms with Crippen LogP contribution in [0.5, 0.6) is 34.5 Å². The van der Waals surface area contributed by atoms with Crippen LogP contribution >= 0.6 is 0 Å². The summed E-state index contributed by atoms with van der Waals surface area (Å²) in [5.41, 5.74) is 11.5. The van der Waals surface area contributed by atoms with Crippen LogP contribution in [0.15, 0.2) is 40.5 Å². The van der Waals surface area contributed by atoms with Gasteiger partial charge in [-0.05, 0) is 131 Å². The van der Waals surface area contributed by atoms with Crippen LogP contribution in [-0.4, -0.2) is 50.7 Å². The normalized spacial score (nSPS) is 13.8. The standard InChI is InChI=1S/C39H52O6Si/c1-20-17-30(40-11)27(8)33(43-14)36(20)46(39-25(6)23(4)24(5)26(39)7,37-21(2)18-31(41-12)28(9)34(37)44-15)38-22(3)19-32(42-13)29(10)35(38)45-16/h17-19,39H,1-16H3. The number of rotatable bonds is 10. The van der Waals surface area contributed by atoms with Gasteiger partial charge in [-0.1, -0.05) is 11.1 Å². The molecule has 7 heteroatoms. The molecule has 6 nitrogen and oxygen atoms in total. The Hall–Kier alpha value is -3.84. The molecule has 0 aromatic heterocycles. The molecule has 1 aliphatic rings. The fourth-order valence-electron chi connectivity index (χ4n) is 8.25. The molecule has 1 aliphatic carbocycles. The summed E-state index contributed by atoms with van der Waals surface area (Å²) in [5.74, 6) is 4.87. The fraction of sp³-hybridized carbons (Fsp3) is 0.436. The number of methoxy groups -OCH3 is 6. The average Bonchev–Trinajstić information content (AvgIpc) is 3.23. The third kappa shape index (κ3) is 4.89. The second-order valence-electron chi connectivity index (χ2n) is 12.6. The first kappa shape index (κ1) is 35.0. The Balaban J connectivity index is 2.56. The molecule has 0 saturated heterocycles. The molecular weight excluding hydrogens is 593 g/mol. The smallest absolute Gasteiger partial charge is 0.174 e. The Morgan fingerprint density at radius 1 is 0.413 bits per heavy atom. The number of benzene rings is 3. The lowest BCUT2D eigenvalue weighted by Gasteiger charge is -2.45. The highest BCUT2D eigenvalue weighted by atomic mass is 28.3. The van der Waals surface area contributed by atoms with Crippen molar-refractivity contribution in [1.29, 1.82) is 0 Å². The summed E-state index contributed by atoms with van der Waals surface area (Å²) < 4.78 is 37.3. The summed E-state index contributed by atoms with van der Waals surface area (Å²) in [7, 11) is 7.08. The summed E-state index contributed by atoms with van der Waals surface area (Å²) in [4.78, 5) is 0. The zero-order valence-corrected chi connectivity index (χ0v) is 31.8. The lowest BCUT2D eigenvalue weighted by Crippen LogP contribution is -2.72. The van der Waals surface area contributed by atoms with Gasteiger partial charge in [-0.3, -0.25) is 0 Å². The van der Waals surface area contributed by atoms with E-state index >= 15 is 0 Å². The van der Waals surface area contributed by atoms with E-state index in [9.17, 15) is 0 Å². The van der Waals surface area contributed by atoms with Crippen LogP contribution in [0.2, 0.25) is 5.54 Å². The van der Waals surface area contributed by atoms with Crippen molar-refractivity contribution in [1.82, 2.24) is 0 Å². The Morgan fingerprint density at radius 2 is 0.674 bits per heavy atom. The van der Waals surface area contributed by atoms with Gasteiger partial charge in [0, 0.05) is 22.2 Å². The Morgan fingerprint density at radius 3 is 0.891 bits per heavy atom. The van der Waals surface area contributed by atoms with Gasteiger partial charge < -0.3 is 28.4 Å². The van der Waals surface area contributed by atoms with Gasteiger partial charge in [0.05, 0.1) is 42.7 Å². The Kier molecular flexibility index (Phi) is 9.98. The summed E-state index contributed by atoms with van der Waals surface area (Å²) in [6.07, 6.45) is 0. The molecule has 248 valence electrons. The molecule has 0 saturated carbocycles. The van der Waals surface area contributed by atoms with E-state index in [-0.39, 0.29) is 5.54 Å². The maximum atomic E-state index is 6.50. The monoisotopic (exact) mass is 644 g/mol. The van der Waals surface area contributed by atoms with Crippen LogP contribution in [-0.2, 0) is 0 Å². The van der Waals surface area contributed by atoms with Crippen LogP contribution in [0.3, 0.4) is 0 Å². The highest BCUT2D eigenvalue weighted by Gasteiger charge is 2.57. The van der Waals surface area contributed by atoms with Crippen molar-refractivity contribution in [3.63, 3.8) is 0 Å². The molecule has 0 fully saturated rings. The number of hydrogen-bond donors (Lipinski definition) is 0. The van der Waals surface area contributed by atoms with E-state index in [1.54, 1.807) is 42.7 Å². The molecule has 0 atom stereocenters. The van der Waals surface area contributed by atoms with E-state index in [0.717, 1.165) is 67.9 Å². The maximum absolute atomic E-state index is 6.50. The molecule has 0 radical (unpaired) electrons. The van der Waals surface area contributed by atoms with Crippen LogP contribution < -0.4 is 44.0 Å². The number of hydrogen-bond acceptors (Lipinski definition) is 6. The molecule has 0 bridgehead atoms. The lowest BCUT2D eigenvalue weighted by molar-refractivity contribution is 0.389. The van der Waals surface area contributed by atoms with E-state index < -0.39 is 8.07 Å². The second-order valence-corrected chi connectivity index (χ2v) is 16.3. The first-order valence-corrected chi connectivity index (χ1v) is 17.8. The lowest BCUT2D eigenvalue weighted by atomic mass is 10.1. The minimum absolute atomic E-state index is 0.0219. The first-order valence-electron chi connectivity index (χ1n) is 15.8. The largest absolute Gasteiger partial charge is 0.496 e. The quantitative estimate of drug-likeness (QED) is 0.173. The van der Waals surface area contributed by atoms with Crippen LogP contribution in [0.1, 0.15) is 61.1 Å². The van der Waals surface area contributed by atoms with Crippen molar-refractivity contribution in [2.75, 3.05) is 42.7 Å². The summed E-state index contributed by atoms with van der Waals surface area (Å²) in [6.45, 7) is 21.9. The average molecular weight is 645 g/mol. The number of aryl methyl sites for hydroxylation is 3. The molecule has 0 aliphatic heterocycles. The van der Waals surface area contributed by atoms with Crippen molar-refractivity contribution < 1.29 is 28.4 Å². The van der Waals surface area contributed by atoms with Gasteiger partial charge in [-0.2, -0.15) is 0 Å². The Bertz CT molecular complexity index is 1580. The fourth-order valence-corrected chi connectivity index (χ4v) is 15.6. The topological polar surface area (TPSA) is 55.4 Å². The molecule has 3 aromatic rings. The molecule has 0 spiro atoms. The zero-order chi connectivity index (χ0) is 34.4. The van der Waals surface area contributed by atoms with Gasteiger partial charge in [0.15, 0.2) is 8.07 Å². The Labute approximate surface area is 277 Å². The van der Waals surface area contributed by atoms with Gasteiger partial charge >= 0.3 is 0 Å². The molecule has 0 unspecified atom stereocenters. The third-order valence-electron chi connectivity index (χ3n) is 10.5. The van der Waals surface area contributed by atoms with Gasteiger partial charge in [-0.25, -0.2) is 0 Å². The van der Waals surface area contributed by atoms with E-state index in [1.807, 2.05) is 0 Å². The molecule has 0 amide bonds. The van der Waals surface area contributed by atoms with Crippen LogP contribution in [0.25, 0.3) is 0 Å². The number of ether oxygens (including phenoxy) is 6. The molecular formula is C39H52O6Si. The number of allylic oxidation sites excluding steroid dienone is 4. The van der Waals surface area contributed by atoms with Crippen molar-refractivity contribution in [2.45, 2.75) is 74.8 Å². The van der Waals surface area contributed by atoms with E-state index in [2.05, 4.69) is 87.4 Å². The van der Waals surface area contributed by atoms with Crippen LogP contribution in [0.4, 0.5) is 0 Å². The molecule has 0 N–H and O–H groups in total. The predicted molar refractivity (Wildman–Crippen MR) is 192 cm³/mol. The molecule has 4 rings (SSSR count). The molecule has 0 heterocycles. The van der Waals surface area contributed by atoms with Gasteiger partial charge in [0.25, 0.3) is 0 Å². The van der Waals surface area contributed by atoms with E-state index in [4.69, 9.17) is 28.4 Å². The first-order chi connectivity index (χ1) is 21.7. The highest BCUT2D eigenvalue weighted by molar-refractivity contribution is 7.15. The van der Waals surface area contributed by atoms with Crippen molar-refractivity contribution in [3.05, 3.63) is 73.9 Å². The van der Waals surface area contributed by atoms with Gasteiger partial charge in [-0.15, -0.1) is 0 Å². The summed E-state index contributed by atoms with van der Waals surface area (Å²) in [5, 5.41) is 3.53. The summed E-state index contributed by atoms with van der Waals surface area (Å²) >= 11 is 0.